The van der Waals surface area contributed by atoms with E-state index in [1.807, 2.05) is 14.0 Å². The molecule has 0 bridgehead atoms. The zero-order valence-corrected chi connectivity index (χ0v) is 11.2. The average molecular weight is 264 g/mol. The highest BCUT2D eigenvalue weighted by Crippen LogP contribution is 2.24. The lowest BCUT2D eigenvalue weighted by molar-refractivity contribution is -0.136. The number of rotatable bonds is 4. The van der Waals surface area contributed by atoms with Crippen molar-refractivity contribution >= 4 is 16.0 Å². The van der Waals surface area contributed by atoms with Crippen molar-refractivity contribution in [2.24, 2.45) is 0 Å². The van der Waals surface area contributed by atoms with Gasteiger partial charge in [0.15, 0.2) is 5.25 Å². The first kappa shape index (κ1) is 14.4. The molecule has 1 heterocycles. The van der Waals surface area contributed by atoms with Crippen molar-refractivity contribution in [3.8, 4) is 0 Å². The third-order valence-corrected chi connectivity index (χ3v) is 5.76. The van der Waals surface area contributed by atoms with Crippen LogP contribution in [0.1, 0.15) is 26.7 Å². The van der Waals surface area contributed by atoms with Gasteiger partial charge in [0.05, 0.1) is 0 Å². The standard InChI is InChI=1S/C10H20N2O4S/c1-8(9(13)14)17(15,16)12-6-4-10(2,11-3)5-7-12/h8,11H,4-7H2,1-3H3,(H,13,14). The predicted octanol–water partition coefficient (Wildman–Crippen LogP) is -0.137. The fourth-order valence-corrected chi connectivity index (χ4v) is 3.23. The first-order valence-electron chi connectivity index (χ1n) is 5.63. The minimum atomic E-state index is -3.71. The Morgan fingerprint density at radius 1 is 1.41 bits per heavy atom. The fourth-order valence-electron chi connectivity index (χ4n) is 1.84. The average Bonchev–Trinajstić information content (AvgIpc) is 2.28. The molecule has 1 rings (SSSR count). The summed E-state index contributed by atoms with van der Waals surface area (Å²) in [5, 5.41) is 10.6. The Morgan fingerprint density at radius 2 is 1.88 bits per heavy atom. The van der Waals surface area contributed by atoms with E-state index < -0.39 is 21.2 Å². The van der Waals surface area contributed by atoms with Gasteiger partial charge in [-0.15, -0.1) is 0 Å². The second-order valence-electron chi connectivity index (χ2n) is 4.74. The molecule has 2 N–H and O–H groups in total. The second-order valence-corrected chi connectivity index (χ2v) is 6.99. The monoisotopic (exact) mass is 264 g/mol. The van der Waals surface area contributed by atoms with E-state index in [2.05, 4.69) is 5.32 Å². The van der Waals surface area contributed by atoms with Crippen molar-refractivity contribution in [3.63, 3.8) is 0 Å². The summed E-state index contributed by atoms with van der Waals surface area (Å²) in [7, 11) is -1.86. The van der Waals surface area contributed by atoms with Crippen molar-refractivity contribution in [1.82, 2.24) is 9.62 Å². The summed E-state index contributed by atoms with van der Waals surface area (Å²) in [6.45, 7) is 4.00. The van der Waals surface area contributed by atoms with Gasteiger partial charge in [-0.2, -0.15) is 0 Å². The quantitative estimate of drug-likeness (QED) is 0.738. The van der Waals surface area contributed by atoms with Gasteiger partial charge in [-0.25, -0.2) is 12.7 Å². The number of carbonyl (C=O) groups is 1. The number of hydrogen-bond acceptors (Lipinski definition) is 4. The van der Waals surface area contributed by atoms with Crippen LogP contribution in [0.4, 0.5) is 0 Å². The van der Waals surface area contributed by atoms with Crippen LogP contribution in [-0.2, 0) is 14.8 Å². The van der Waals surface area contributed by atoms with Crippen LogP contribution in [0.15, 0.2) is 0 Å². The largest absolute Gasteiger partial charge is 0.480 e. The molecule has 1 saturated heterocycles. The molecule has 0 radical (unpaired) electrons. The van der Waals surface area contributed by atoms with Gasteiger partial charge in [0.1, 0.15) is 0 Å². The Kier molecular flexibility index (Phi) is 4.16. The molecule has 0 aromatic heterocycles. The summed E-state index contributed by atoms with van der Waals surface area (Å²) in [4.78, 5) is 10.8. The lowest BCUT2D eigenvalue weighted by Gasteiger charge is -2.39. The maximum absolute atomic E-state index is 12.0. The summed E-state index contributed by atoms with van der Waals surface area (Å²) in [5.41, 5.74) is -0.0571. The topological polar surface area (TPSA) is 86.7 Å². The molecule has 100 valence electrons. The molecule has 17 heavy (non-hydrogen) atoms. The van der Waals surface area contributed by atoms with Gasteiger partial charge in [0.25, 0.3) is 0 Å². The molecule has 0 aliphatic carbocycles. The van der Waals surface area contributed by atoms with Crippen molar-refractivity contribution in [2.45, 2.75) is 37.5 Å². The van der Waals surface area contributed by atoms with Gasteiger partial charge >= 0.3 is 5.97 Å². The number of carboxylic acids is 1. The molecule has 1 atom stereocenters. The highest BCUT2D eigenvalue weighted by molar-refractivity contribution is 7.90. The number of hydrogen-bond donors (Lipinski definition) is 2. The van der Waals surface area contributed by atoms with Crippen LogP contribution in [0.25, 0.3) is 0 Å². The molecule has 1 aliphatic rings. The number of carboxylic acid groups (broad SMARTS) is 1. The van der Waals surface area contributed by atoms with E-state index in [0.29, 0.717) is 25.9 Å². The van der Waals surface area contributed by atoms with E-state index in [4.69, 9.17) is 5.11 Å². The Balaban J connectivity index is 2.75. The van der Waals surface area contributed by atoms with Crippen molar-refractivity contribution in [2.75, 3.05) is 20.1 Å². The minimum absolute atomic E-state index is 0.0571. The molecule has 0 aromatic rings. The van der Waals surface area contributed by atoms with Crippen LogP contribution in [-0.4, -0.2) is 54.7 Å². The van der Waals surface area contributed by atoms with Gasteiger partial charge in [-0.1, -0.05) is 0 Å². The minimum Gasteiger partial charge on any atom is -0.480 e. The number of aliphatic carboxylic acids is 1. The second kappa shape index (κ2) is 4.91. The Hall–Kier alpha value is -0.660. The molecule has 7 heteroatoms. The van der Waals surface area contributed by atoms with Crippen LogP contribution in [0.2, 0.25) is 0 Å². The van der Waals surface area contributed by atoms with E-state index in [-0.39, 0.29) is 5.54 Å². The number of nitrogens with zero attached hydrogens (tertiary/aromatic N) is 1. The summed E-state index contributed by atoms with van der Waals surface area (Å²) < 4.78 is 25.2. The fraction of sp³-hybridized carbons (Fsp3) is 0.900. The Labute approximate surface area is 102 Å². The smallest absolute Gasteiger partial charge is 0.323 e. The van der Waals surface area contributed by atoms with E-state index >= 15 is 0 Å². The van der Waals surface area contributed by atoms with Gasteiger partial charge in [-0.3, -0.25) is 4.79 Å². The van der Waals surface area contributed by atoms with E-state index in [0.717, 1.165) is 0 Å². The highest BCUT2D eigenvalue weighted by Gasteiger charge is 2.38. The molecule has 6 nitrogen and oxygen atoms in total. The number of sulfonamides is 1. The van der Waals surface area contributed by atoms with E-state index in [9.17, 15) is 13.2 Å². The molecule has 1 aliphatic heterocycles. The zero-order valence-electron chi connectivity index (χ0n) is 10.4. The van der Waals surface area contributed by atoms with Crippen molar-refractivity contribution < 1.29 is 18.3 Å². The van der Waals surface area contributed by atoms with E-state index in [1.54, 1.807) is 0 Å². The van der Waals surface area contributed by atoms with Gasteiger partial charge in [0.2, 0.25) is 10.0 Å². The van der Waals surface area contributed by atoms with Crippen LogP contribution >= 0.6 is 0 Å². The SMILES string of the molecule is CNC1(C)CCN(S(=O)(=O)C(C)C(=O)O)CC1. The molecule has 0 saturated carbocycles. The molecular formula is C10H20N2O4S. The Bertz CT molecular complexity index is 385. The van der Waals surface area contributed by atoms with Crippen LogP contribution in [0.3, 0.4) is 0 Å². The summed E-state index contributed by atoms with van der Waals surface area (Å²) in [5.74, 6) is -1.30. The molecular weight excluding hydrogens is 244 g/mol. The van der Waals surface area contributed by atoms with Crippen molar-refractivity contribution in [1.29, 1.82) is 0 Å². The summed E-state index contributed by atoms with van der Waals surface area (Å²) in [6.07, 6.45) is 1.38. The molecule has 1 fully saturated rings. The highest BCUT2D eigenvalue weighted by atomic mass is 32.2. The van der Waals surface area contributed by atoms with Gasteiger partial charge < -0.3 is 10.4 Å². The summed E-state index contributed by atoms with van der Waals surface area (Å²) >= 11 is 0. The zero-order chi connectivity index (χ0) is 13.3. The molecule has 0 spiro atoms. The van der Waals surface area contributed by atoms with Gasteiger partial charge in [0, 0.05) is 18.6 Å². The van der Waals surface area contributed by atoms with Gasteiger partial charge in [-0.05, 0) is 33.7 Å². The normalized spacial score (nSPS) is 23.2. The number of nitrogens with one attached hydrogen (secondary N) is 1. The molecule has 0 aromatic carbocycles. The Morgan fingerprint density at radius 3 is 2.24 bits per heavy atom. The first-order valence-corrected chi connectivity index (χ1v) is 7.14. The molecule has 1 unspecified atom stereocenters. The predicted molar refractivity (Wildman–Crippen MR) is 64.3 cm³/mol. The lowest BCUT2D eigenvalue weighted by Crippen LogP contribution is -2.53. The lowest BCUT2D eigenvalue weighted by atomic mass is 9.91. The van der Waals surface area contributed by atoms with Crippen molar-refractivity contribution in [3.05, 3.63) is 0 Å². The summed E-state index contributed by atoms with van der Waals surface area (Å²) in [6, 6.07) is 0. The number of piperidine rings is 1. The maximum atomic E-state index is 12.0. The van der Waals surface area contributed by atoms with Crippen LogP contribution in [0, 0.1) is 0 Å². The van der Waals surface area contributed by atoms with E-state index in [1.165, 1.54) is 11.2 Å². The molecule has 0 amide bonds. The maximum Gasteiger partial charge on any atom is 0.323 e. The first-order chi connectivity index (χ1) is 7.73. The van der Waals surface area contributed by atoms with Crippen LogP contribution in [0.5, 0.6) is 0 Å². The third kappa shape index (κ3) is 2.97. The van der Waals surface area contributed by atoms with Crippen LogP contribution < -0.4 is 5.32 Å². The third-order valence-electron chi connectivity index (χ3n) is 3.58.